The summed E-state index contributed by atoms with van der Waals surface area (Å²) in [5.41, 5.74) is 1.14. The van der Waals surface area contributed by atoms with Crippen molar-refractivity contribution in [1.29, 1.82) is 0 Å². The van der Waals surface area contributed by atoms with Gasteiger partial charge in [-0.05, 0) is 36.4 Å². The van der Waals surface area contributed by atoms with Gasteiger partial charge in [-0.15, -0.1) is 0 Å². The Morgan fingerprint density at radius 2 is 1.50 bits per heavy atom. The van der Waals surface area contributed by atoms with Gasteiger partial charge in [0.2, 0.25) is 0 Å². The summed E-state index contributed by atoms with van der Waals surface area (Å²) in [6, 6.07) is 17.7. The average Bonchev–Trinajstić information content (AvgIpc) is 2.57. The van der Waals surface area contributed by atoms with Gasteiger partial charge in [0.05, 0.1) is 6.54 Å². The molecule has 1 aliphatic heterocycles. The summed E-state index contributed by atoms with van der Waals surface area (Å²) in [5, 5.41) is 8.83. The number of piperazine rings is 1. The van der Waals surface area contributed by atoms with Gasteiger partial charge in [0.25, 0.3) is 0 Å². The average molecular weight is 336 g/mol. The Kier molecular flexibility index (Phi) is 7.12. The fraction of sp³-hybridized carbons (Fsp3) is 0.278. The Labute approximate surface area is 164 Å². The van der Waals surface area contributed by atoms with Crippen LogP contribution in [0.5, 0.6) is 11.5 Å². The molecule has 3 rings (SSSR count). The second-order valence-electron chi connectivity index (χ2n) is 5.57. The molecule has 0 atom stereocenters. The number of rotatable bonds is 5. The summed E-state index contributed by atoms with van der Waals surface area (Å²) in [7, 11) is 0. The van der Waals surface area contributed by atoms with Crippen LogP contribution in [-0.4, -0.2) is 78.3 Å². The molecular formula is C18H21N2NaO3. The summed E-state index contributed by atoms with van der Waals surface area (Å²) in [5.74, 6) is 0.868. The number of aliphatic carboxylic acids is 1. The maximum atomic E-state index is 10.7. The van der Waals surface area contributed by atoms with Crippen LogP contribution in [-0.2, 0) is 4.79 Å². The normalized spacial score (nSPS) is 14.8. The van der Waals surface area contributed by atoms with Crippen molar-refractivity contribution in [3.63, 3.8) is 0 Å². The number of ether oxygens (including phenoxy) is 1. The number of carboxylic acid groups (broad SMARTS) is 1. The fourth-order valence-corrected chi connectivity index (χ4v) is 2.71. The summed E-state index contributed by atoms with van der Waals surface area (Å²) < 4.78 is 5.79. The van der Waals surface area contributed by atoms with E-state index in [2.05, 4.69) is 4.90 Å². The molecule has 0 aliphatic carbocycles. The van der Waals surface area contributed by atoms with Gasteiger partial charge in [0.15, 0.2) is 0 Å². The quantitative estimate of drug-likeness (QED) is 0.847. The second kappa shape index (κ2) is 9.08. The first-order valence-corrected chi connectivity index (χ1v) is 7.73. The van der Waals surface area contributed by atoms with Crippen molar-refractivity contribution < 1.29 is 14.6 Å². The Bertz CT molecular complexity index is 641. The SMILES string of the molecule is O=C(O)CN1CCN(c2ccc(Oc3ccccc3)cc2)CC1.[NaH]. The zero-order chi connectivity index (χ0) is 16.1. The van der Waals surface area contributed by atoms with Crippen LogP contribution in [0.2, 0.25) is 0 Å². The molecule has 1 aliphatic rings. The molecule has 0 bridgehead atoms. The first-order valence-electron chi connectivity index (χ1n) is 7.73. The standard InChI is InChI=1S/C18H20N2O3.Na.H/c21-18(22)14-19-10-12-20(13-11-19)15-6-8-17(9-7-15)23-16-4-2-1-3-5-16;;/h1-9H,10-14H2,(H,21,22);;. The number of benzene rings is 2. The van der Waals surface area contributed by atoms with Crippen molar-refractivity contribution in [3.8, 4) is 11.5 Å². The molecule has 122 valence electrons. The Morgan fingerprint density at radius 3 is 2.08 bits per heavy atom. The van der Waals surface area contributed by atoms with Gasteiger partial charge in [-0.2, -0.15) is 0 Å². The van der Waals surface area contributed by atoms with Gasteiger partial charge in [-0.3, -0.25) is 9.69 Å². The molecule has 0 amide bonds. The summed E-state index contributed by atoms with van der Waals surface area (Å²) in [6.45, 7) is 3.35. The van der Waals surface area contributed by atoms with E-state index in [9.17, 15) is 4.79 Å². The number of hydrogen-bond donors (Lipinski definition) is 1. The van der Waals surface area contributed by atoms with Gasteiger partial charge >= 0.3 is 35.5 Å². The molecule has 1 saturated heterocycles. The molecule has 0 aromatic heterocycles. The maximum absolute atomic E-state index is 10.7. The monoisotopic (exact) mass is 336 g/mol. The first-order chi connectivity index (χ1) is 11.2. The molecule has 1 N–H and O–H groups in total. The minimum atomic E-state index is -0.763. The second-order valence-corrected chi connectivity index (χ2v) is 5.57. The van der Waals surface area contributed by atoms with Crippen molar-refractivity contribution >= 4 is 41.2 Å². The van der Waals surface area contributed by atoms with Crippen molar-refractivity contribution in [3.05, 3.63) is 54.6 Å². The first kappa shape index (κ1) is 18.8. The van der Waals surface area contributed by atoms with E-state index in [4.69, 9.17) is 9.84 Å². The number of carbonyl (C=O) groups is 1. The predicted molar refractivity (Wildman–Crippen MR) is 96.4 cm³/mol. The van der Waals surface area contributed by atoms with Crippen LogP contribution in [0.25, 0.3) is 0 Å². The van der Waals surface area contributed by atoms with Crippen LogP contribution < -0.4 is 9.64 Å². The van der Waals surface area contributed by atoms with E-state index in [0.717, 1.165) is 43.4 Å². The summed E-state index contributed by atoms with van der Waals surface area (Å²) in [6.07, 6.45) is 0. The van der Waals surface area contributed by atoms with E-state index < -0.39 is 5.97 Å². The topological polar surface area (TPSA) is 53.0 Å². The van der Waals surface area contributed by atoms with Crippen molar-refractivity contribution in [2.75, 3.05) is 37.6 Å². The van der Waals surface area contributed by atoms with Crippen LogP contribution in [0.3, 0.4) is 0 Å². The zero-order valence-corrected chi connectivity index (χ0v) is 12.9. The van der Waals surface area contributed by atoms with E-state index in [-0.39, 0.29) is 36.1 Å². The molecular weight excluding hydrogens is 315 g/mol. The van der Waals surface area contributed by atoms with Gasteiger partial charge in [-0.25, -0.2) is 0 Å². The van der Waals surface area contributed by atoms with E-state index in [1.807, 2.05) is 59.5 Å². The van der Waals surface area contributed by atoms with Crippen molar-refractivity contribution in [2.45, 2.75) is 0 Å². The van der Waals surface area contributed by atoms with Crippen LogP contribution in [0.1, 0.15) is 0 Å². The van der Waals surface area contributed by atoms with Crippen molar-refractivity contribution in [1.82, 2.24) is 4.90 Å². The van der Waals surface area contributed by atoms with E-state index in [0.29, 0.717) is 0 Å². The Balaban J connectivity index is 0.00000208. The number of carboxylic acids is 1. The molecule has 0 saturated carbocycles. The molecule has 2 aromatic rings. The van der Waals surface area contributed by atoms with Crippen LogP contribution in [0, 0.1) is 0 Å². The molecule has 0 spiro atoms. The number of hydrogen-bond acceptors (Lipinski definition) is 4. The Morgan fingerprint density at radius 1 is 0.917 bits per heavy atom. The summed E-state index contributed by atoms with van der Waals surface area (Å²) >= 11 is 0. The van der Waals surface area contributed by atoms with Gasteiger partial charge in [0.1, 0.15) is 11.5 Å². The molecule has 6 heteroatoms. The predicted octanol–water partition coefficient (Wildman–Crippen LogP) is 2.04. The molecule has 24 heavy (non-hydrogen) atoms. The minimum absolute atomic E-state index is 0. The third-order valence-corrected chi connectivity index (χ3v) is 3.91. The molecule has 0 radical (unpaired) electrons. The zero-order valence-electron chi connectivity index (χ0n) is 12.9. The molecule has 1 fully saturated rings. The number of anilines is 1. The third kappa shape index (κ3) is 5.24. The molecule has 2 aromatic carbocycles. The third-order valence-electron chi connectivity index (χ3n) is 3.91. The Hall–Kier alpha value is -1.53. The van der Waals surface area contributed by atoms with Crippen LogP contribution in [0.15, 0.2) is 54.6 Å². The van der Waals surface area contributed by atoms with Gasteiger partial charge in [0, 0.05) is 31.9 Å². The van der Waals surface area contributed by atoms with Crippen LogP contribution in [0.4, 0.5) is 5.69 Å². The van der Waals surface area contributed by atoms with E-state index in [1.54, 1.807) is 0 Å². The molecule has 0 unspecified atom stereocenters. The van der Waals surface area contributed by atoms with E-state index in [1.165, 1.54) is 0 Å². The summed E-state index contributed by atoms with van der Waals surface area (Å²) in [4.78, 5) is 15.0. The van der Waals surface area contributed by atoms with Crippen molar-refractivity contribution in [2.24, 2.45) is 0 Å². The fourth-order valence-electron chi connectivity index (χ4n) is 2.71. The van der Waals surface area contributed by atoms with Gasteiger partial charge < -0.3 is 14.7 Å². The number of nitrogens with zero attached hydrogens (tertiary/aromatic N) is 2. The van der Waals surface area contributed by atoms with Gasteiger partial charge in [-0.1, -0.05) is 18.2 Å². The van der Waals surface area contributed by atoms with Crippen LogP contribution >= 0.6 is 0 Å². The van der Waals surface area contributed by atoms with E-state index >= 15 is 0 Å². The molecule has 1 heterocycles. The molecule has 5 nitrogen and oxygen atoms in total. The number of para-hydroxylation sites is 1.